The summed E-state index contributed by atoms with van der Waals surface area (Å²) in [6.45, 7) is 5.37. The summed E-state index contributed by atoms with van der Waals surface area (Å²) < 4.78 is 9.84. The number of rotatable bonds is 8. The van der Waals surface area contributed by atoms with Crippen LogP contribution >= 0.6 is 12.4 Å². The maximum atomic E-state index is 12.1. The van der Waals surface area contributed by atoms with E-state index in [4.69, 9.17) is 9.47 Å². The third-order valence-corrected chi connectivity index (χ3v) is 3.15. The molecule has 2 N–H and O–H groups in total. The van der Waals surface area contributed by atoms with Crippen molar-refractivity contribution in [1.82, 2.24) is 10.6 Å². The molecule has 1 aromatic carbocycles. The highest BCUT2D eigenvalue weighted by molar-refractivity contribution is 5.88. The number of halogens is 1. The molecule has 0 aliphatic rings. The Labute approximate surface area is 153 Å². The number of carbonyl (C=O) groups excluding carboxylic acids is 3. The Hall–Kier alpha value is -2.28. The number of hydrogen-bond donors (Lipinski definition) is 2. The highest BCUT2D eigenvalue weighted by Crippen LogP contribution is 2.04. The molecule has 7 nitrogen and oxygen atoms in total. The van der Waals surface area contributed by atoms with Crippen molar-refractivity contribution in [3.05, 3.63) is 35.9 Å². The van der Waals surface area contributed by atoms with Crippen molar-refractivity contribution in [1.29, 1.82) is 0 Å². The van der Waals surface area contributed by atoms with Gasteiger partial charge in [0.2, 0.25) is 5.91 Å². The lowest BCUT2D eigenvalue weighted by atomic mass is 10.0. The molecular weight excluding hydrogens is 348 g/mol. The highest BCUT2D eigenvalue weighted by atomic mass is 35.5. The number of carbonyl (C=O) groups is 3. The van der Waals surface area contributed by atoms with E-state index in [2.05, 4.69) is 10.6 Å². The van der Waals surface area contributed by atoms with Gasteiger partial charge in [-0.05, 0) is 18.4 Å². The third-order valence-electron chi connectivity index (χ3n) is 3.15. The summed E-state index contributed by atoms with van der Waals surface area (Å²) in [5, 5.41) is 4.96. The predicted molar refractivity (Wildman–Crippen MR) is 95.3 cm³/mol. The molecule has 25 heavy (non-hydrogen) atoms. The highest BCUT2D eigenvalue weighted by Gasteiger charge is 2.25. The standard InChI is InChI=1S/C17H24N2O5.ClH/c1-4-23-14(20)10-18-16(21)15(12(2)3)19-17(22)24-11-13-8-6-5-7-9-13;/h5-9,12,15H,4,10-11H2,1-3H3,(H,18,21)(H,19,22);1H/t15-;/m0./s1. The first-order chi connectivity index (χ1) is 11.4. The summed E-state index contributed by atoms with van der Waals surface area (Å²) >= 11 is 0. The molecule has 0 unspecified atom stereocenters. The van der Waals surface area contributed by atoms with Gasteiger partial charge in [0.15, 0.2) is 0 Å². The second-order valence-electron chi connectivity index (χ2n) is 5.45. The number of esters is 1. The molecule has 0 fully saturated rings. The normalized spacial score (nSPS) is 11.0. The van der Waals surface area contributed by atoms with Crippen LogP contribution in [0.2, 0.25) is 0 Å². The van der Waals surface area contributed by atoms with Crippen molar-refractivity contribution in [2.45, 2.75) is 33.4 Å². The fourth-order valence-electron chi connectivity index (χ4n) is 1.91. The topological polar surface area (TPSA) is 93.7 Å². The monoisotopic (exact) mass is 372 g/mol. The van der Waals surface area contributed by atoms with E-state index in [0.29, 0.717) is 0 Å². The van der Waals surface area contributed by atoms with Gasteiger partial charge in [0, 0.05) is 0 Å². The maximum Gasteiger partial charge on any atom is 0.408 e. The fraction of sp³-hybridized carbons (Fsp3) is 0.471. The van der Waals surface area contributed by atoms with Crippen LogP contribution in [-0.2, 0) is 25.7 Å². The first-order valence-electron chi connectivity index (χ1n) is 7.84. The minimum Gasteiger partial charge on any atom is -0.465 e. The van der Waals surface area contributed by atoms with Crippen molar-refractivity contribution in [2.75, 3.05) is 13.2 Å². The van der Waals surface area contributed by atoms with E-state index in [9.17, 15) is 14.4 Å². The summed E-state index contributed by atoms with van der Waals surface area (Å²) in [5.41, 5.74) is 0.848. The minimum atomic E-state index is -0.803. The Morgan fingerprint density at radius 2 is 1.72 bits per heavy atom. The third kappa shape index (κ3) is 8.95. The number of hydrogen-bond acceptors (Lipinski definition) is 5. The smallest absolute Gasteiger partial charge is 0.408 e. The Kier molecular flexibility index (Phi) is 11.0. The van der Waals surface area contributed by atoms with Crippen LogP contribution in [0.3, 0.4) is 0 Å². The summed E-state index contributed by atoms with van der Waals surface area (Å²) in [6, 6.07) is 8.42. The van der Waals surface area contributed by atoms with Gasteiger partial charge in [-0.15, -0.1) is 12.4 Å². The van der Waals surface area contributed by atoms with Gasteiger partial charge >= 0.3 is 12.1 Å². The van der Waals surface area contributed by atoms with Crippen LogP contribution in [0.1, 0.15) is 26.3 Å². The second-order valence-corrected chi connectivity index (χ2v) is 5.45. The predicted octanol–water partition coefficient (Wildman–Crippen LogP) is 2.04. The van der Waals surface area contributed by atoms with Gasteiger partial charge in [-0.25, -0.2) is 4.79 Å². The molecule has 1 rings (SSSR count). The Morgan fingerprint density at radius 3 is 2.28 bits per heavy atom. The molecular formula is C17H25ClN2O5. The van der Waals surface area contributed by atoms with Crippen LogP contribution < -0.4 is 10.6 Å². The summed E-state index contributed by atoms with van der Waals surface area (Å²) in [5.74, 6) is -1.16. The van der Waals surface area contributed by atoms with E-state index < -0.39 is 24.0 Å². The van der Waals surface area contributed by atoms with Gasteiger partial charge in [-0.3, -0.25) is 9.59 Å². The summed E-state index contributed by atoms with van der Waals surface area (Å²) in [7, 11) is 0. The van der Waals surface area contributed by atoms with Crippen LogP contribution in [0.25, 0.3) is 0 Å². The van der Waals surface area contributed by atoms with Crippen LogP contribution in [0.15, 0.2) is 30.3 Å². The van der Waals surface area contributed by atoms with Crippen LogP contribution in [0.4, 0.5) is 4.79 Å². The molecule has 0 heterocycles. The quantitative estimate of drug-likeness (QED) is 0.681. The minimum absolute atomic E-state index is 0. The fourth-order valence-corrected chi connectivity index (χ4v) is 1.91. The van der Waals surface area contributed by atoms with Crippen LogP contribution in [-0.4, -0.2) is 37.2 Å². The van der Waals surface area contributed by atoms with Gasteiger partial charge in [-0.1, -0.05) is 44.2 Å². The first kappa shape index (κ1) is 22.7. The molecule has 0 aromatic heterocycles. The average Bonchev–Trinajstić information content (AvgIpc) is 2.56. The number of benzene rings is 1. The Bertz CT molecular complexity index is 551. The number of ether oxygens (including phenoxy) is 2. The molecule has 1 atom stereocenters. The van der Waals surface area contributed by atoms with E-state index in [1.54, 1.807) is 20.8 Å². The van der Waals surface area contributed by atoms with Gasteiger partial charge < -0.3 is 20.1 Å². The molecule has 1 aromatic rings. The molecule has 8 heteroatoms. The summed E-state index contributed by atoms with van der Waals surface area (Å²) in [6.07, 6.45) is -0.691. The second kappa shape index (κ2) is 12.1. The molecule has 0 radical (unpaired) electrons. The van der Waals surface area contributed by atoms with Crippen molar-refractivity contribution < 1.29 is 23.9 Å². The first-order valence-corrected chi connectivity index (χ1v) is 7.84. The molecule has 0 aliphatic carbocycles. The zero-order chi connectivity index (χ0) is 17.9. The van der Waals surface area contributed by atoms with E-state index in [1.165, 1.54) is 0 Å². The Balaban J connectivity index is 0.00000576. The lowest BCUT2D eigenvalue weighted by Crippen LogP contribution is -2.50. The zero-order valence-corrected chi connectivity index (χ0v) is 15.4. The SMILES string of the molecule is CCOC(=O)CNC(=O)[C@@H](NC(=O)OCc1ccccc1)C(C)C.Cl. The molecule has 0 spiro atoms. The molecule has 0 bridgehead atoms. The van der Waals surface area contributed by atoms with Gasteiger partial charge in [-0.2, -0.15) is 0 Å². The maximum absolute atomic E-state index is 12.1. The number of alkyl carbamates (subject to hydrolysis) is 1. The lowest BCUT2D eigenvalue weighted by Gasteiger charge is -2.21. The lowest BCUT2D eigenvalue weighted by molar-refractivity contribution is -0.143. The van der Waals surface area contributed by atoms with Crippen molar-refractivity contribution in [3.8, 4) is 0 Å². The van der Waals surface area contributed by atoms with E-state index in [-0.39, 0.29) is 38.1 Å². The molecule has 0 aliphatic heterocycles. The van der Waals surface area contributed by atoms with Crippen LogP contribution in [0.5, 0.6) is 0 Å². The molecule has 2 amide bonds. The van der Waals surface area contributed by atoms with Crippen LogP contribution in [0, 0.1) is 5.92 Å². The molecule has 0 saturated heterocycles. The van der Waals surface area contributed by atoms with Gasteiger partial charge in [0.1, 0.15) is 19.2 Å². The molecule has 0 saturated carbocycles. The van der Waals surface area contributed by atoms with E-state index in [0.717, 1.165) is 5.56 Å². The van der Waals surface area contributed by atoms with Crippen molar-refractivity contribution >= 4 is 30.4 Å². The van der Waals surface area contributed by atoms with E-state index >= 15 is 0 Å². The zero-order valence-electron chi connectivity index (χ0n) is 14.6. The van der Waals surface area contributed by atoms with Crippen molar-refractivity contribution in [2.24, 2.45) is 5.92 Å². The largest absolute Gasteiger partial charge is 0.465 e. The molecule has 140 valence electrons. The Morgan fingerprint density at radius 1 is 1.08 bits per heavy atom. The number of amides is 2. The van der Waals surface area contributed by atoms with E-state index in [1.807, 2.05) is 30.3 Å². The average molecular weight is 373 g/mol. The summed E-state index contributed by atoms with van der Waals surface area (Å²) in [4.78, 5) is 35.3. The number of nitrogens with one attached hydrogen (secondary N) is 2. The van der Waals surface area contributed by atoms with Gasteiger partial charge in [0.25, 0.3) is 0 Å². The van der Waals surface area contributed by atoms with Gasteiger partial charge in [0.05, 0.1) is 6.61 Å². The van der Waals surface area contributed by atoms with Crippen molar-refractivity contribution in [3.63, 3.8) is 0 Å².